The molecule has 0 unspecified atom stereocenters. The van der Waals surface area contributed by atoms with Crippen LogP contribution in [0.2, 0.25) is 0 Å². The largest absolute Gasteiger partial charge is 0.488 e. The Morgan fingerprint density at radius 1 is 1.32 bits per heavy atom. The lowest BCUT2D eigenvalue weighted by molar-refractivity contribution is 0.207. The molecule has 2 aromatic heterocycles. The van der Waals surface area contributed by atoms with E-state index in [1.165, 1.54) is 0 Å². The van der Waals surface area contributed by atoms with Crippen molar-refractivity contribution in [2.24, 2.45) is 0 Å². The van der Waals surface area contributed by atoms with Crippen molar-refractivity contribution in [1.82, 2.24) is 20.5 Å². The molecule has 9 heteroatoms. The molecule has 0 aliphatic rings. The molecule has 0 saturated heterocycles. The standard InChI is InChI=1S/C22H22Cl2N6O/c1-5-17(31-12-20-18-6-7-21(26)28-22(18)30-29-20)10-19(15(4)24)27-16(9-14(3)23)8-13(2)11-25/h5-10,27H,3-4,12H2,1-2H3,(H3,26,28,29,30)/b13-8?,16-9+,17-5?,19-10+. The van der Waals surface area contributed by atoms with Gasteiger partial charge in [0, 0.05) is 27.8 Å². The predicted octanol–water partition coefficient (Wildman–Crippen LogP) is 5.29. The van der Waals surface area contributed by atoms with E-state index in [9.17, 15) is 0 Å². The van der Waals surface area contributed by atoms with Crippen LogP contribution in [0.1, 0.15) is 19.5 Å². The van der Waals surface area contributed by atoms with Gasteiger partial charge in [0.05, 0.1) is 22.5 Å². The number of allylic oxidation sites excluding steroid dienone is 7. The Morgan fingerprint density at radius 2 is 2.06 bits per heavy atom. The summed E-state index contributed by atoms with van der Waals surface area (Å²) < 4.78 is 5.90. The van der Waals surface area contributed by atoms with Crippen molar-refractivity contribution < 1.29 is 4.74 Å². The van der Waals surface area contributed by atoms with E-state index in [1.54, 1.807) is 37.3 Å². The minimum Gasteiger partial charge on any atom is -0.488 e. The molecule has 0 spiro atoms. The van der Waals surface area contributed by atoms with Crippen LogP contribution < -0.4 is 11.1 Å². The van der Waals surface area contributed by atoms with Crippen molar-refractivity contribution in [2.45, 2.75) is 20.5 Å². The second-order valence-corrected chi connectivity index (χ2v) is 7.30. The molecule has 0 aliphatic heterocycles. The SMILES string of the molecule is C=C(Cl)/C=C(\C=C(C)C#N)N/C(=C/C(=CC)OCc1[nH]nc2nc(N)ccc12)C(=C)Cl. The van der Waals surface area contributed by atoms with Gasteiger partial charge in [-0.05, 0) is 44.2 Å². The molecule has 2 heterocycles. The minimum atomic E-state index is 0.217. The summed E-state index contributed by atoms with van der Waals surface area (Å²) in [4.78, 5) is 4.16. The highest BCUT2D eigenvalue weighted by atomic mass is 35.5. The number of anilines is 1. The van der Waals surface area contributed by atoms with Gasteiger partial charge in [0.1, 0.15) is 18.2 Å². The molecule has 160 valence electrons. The van der Waals surface area contributed by atoms with Crippen LogP contribution >= 0.6 is 23.2 Å². The number of nitriles is 1. The van der Waals surface area contributed by atoms with Crippen molar-refractivity contribution >= 4 is 40.1 Å². The average molecular weight is 457 g/mol. The van der Waals surface area contributed by atoms with Crippen molar-refractivity contribution in [3.63, 3.8) is 0 Å². The van der Waals surface area contributed by atoms with Crippen molar-refractivity contribution in [2.75, 3.05) is 5.73 Å². The van der Waals surface area contributed by atoms with Crippen molar-refractivity contribution in [1.29, 1.82) is 5.26 Å². The third-order valence-electron chi connectivity index (χ3n) is 3.90. The van der Waals surface area contributed by atoms with Crippen LogP contribution in [0.25, 0.3) is 11.0 Å². The summed E-state index contributed by atoms with van der Waals surface area (Å²) in [7, 11) is 0. The van der Waals surface area contributed by atoms with E-state index in [0.717, 1.165) is 11.1 Å². The number of fused-ring (bicyclic) bond motifs is 1. The van der Waals surface area contributed by atoms with Crippen LogP contribution in [0.3, 0.4) is 0 Å². The van der Waals surface area contributed by atoms with Crippen LogP contribution in [-0.2, 0) is 11.3 Å². The first-order valence-electron chi connectivity index (χ1n) is 9.10. The first-order chi connectivity index (χ1) is 14.7. The topological polar surface area (TPSA) is 113 Å². The number of nitrogens with two attached hydrogens (primary N) is 1. The lowest BCUT2D eigenvalue weighted by atomic mass is 10.2. The Balaban J connectivity index is 2.24. The van der Waals surface area contributed by atoms with Gasteiger partial charge in [-0.25, -0.2) is 4.98 Å². The molecule has 0 bridgehead atoms. The quantitative estimate of drug-likeness (QED) is 0.268. The number of nitrogens with one attached hydrogen (secondary N) is 2. The third kappa shape index (κ3) is 7.07. The van der Waals surface area contributed by atoms with Crippen LogP contribution in [0.5, 0.6) is 0 Å². The zero-order valence-corrected chi connectivity index (χ0v) is 18.7. The summed E-state index contributed by atoms with van der Waals surface area (Å²) in [6.07, 6.45) is 6.65. The number of nitrogen functional groups attached to an aromatic ring is 1. The van der Waals surface area contributed by atoms with E-state index in [4.69, 9.17) is 38.9 Å². The third-order valence-corrected chi connectivity index (χ3v) is 4.22. The highest BCUT2D eigenvalue weighted by Gasteiger charge is 2.09. The minimum absolute atomic E-state index is 0.217. The fourth-order valence-corrected chi connectivity index (χ4v) is 2.69. The highest BCUT2D eigenvalue weighted by Crippen LogP contribution is 2.20. The van der Waals surface area contributed by atoms with E-state index in [-0.39, 0.29) is 16.7 Å². The maximum absolute atomic E-state index is 9.06. The molecule has 7 nitrogen and oxygen atoms in total. The van der Waals surface area contributed by atoms with Gasteiger partial charge in [0.15, 0.2) is 5.65 Å². The lowest BCUT2D eigenvalue weighted by Gasteiger charge is -2.13. The Morgan fingerprint density at radius 3 is 2.68 bits per heavy atom. The second-order valence-electron chi connectivity index (χ2n) is 6.36. The molecule has 2 rings (SSSR count). The van der Waals surface area contributed by atoms with E-state index < -0.39 is 0 Å². The summed E-state index contributed by atoms with van der Waals surface area (Å²) in [5.41, 5.74) is 8.41. The molecule has 2 aromatic rings. The molecule has 31 heavy (non-hydrogen) atoms. The molecule has 0 aliphatic carbocycles. The van der Waals surface area contributed by atoms with Gasteiger partial charge in [0.2, 0.25) is 0 Å². The number of H-pyrrole nitrogens is 1. The first-order valence-corrected chi connectivity index (χ1v) is 9.85. The normalized spacial score (nSPS) is 13.1. The van der Waals surface area contributed by atoms with Crippen LogP contribution in [-0.4, -0.2) is 15.2 Å². The first kappa shape index (κ1) is 23.8. The predicted molar refractivity (Wildman–Crippen MR) is 126 cm³/mol. The summed E-state index contributed by atoms with van der Waals surface area (Å²) in [5, 5.41) is 20.5. The number of rotatable bonds is 9. The summed E-state index contributed by atoms with van der Waals surface area (Å²) in [6, 6.07) is 5.58. The molecule has 0 atom stereocenters. The Kier molecular flexibility index (Phi) is 8.50. The summed E-state index contributed by atoms with van der Waals surface area (Å²) in [5.74, 6) is 0.921. The van der Waals surface area contributed by atoms with Gasteiger partial charge in [-0.3, -0.25) is 5.10 Å². The van der Waals surface area contributed by atoms with E-state index in [2.05, 4.69) is 39.7 Å². The van der Waals surface area contributed by atoms with Gasteiger partial charge >= 0.3 is 0 Å². The molecule has 0 saturated carbocycles. The van der Waals surface area contributed by atoms with Gasteiger partial charge < -0.3 is 15.8 Å². The van der Waals surface area contributed by atoms with Crippen molar-refractivity contribution in [3.05, 3.63) is 88.1 Å². The number of ether oxygens (including phenoxy) is 1. The number of nitrogens with zero attached hydrogens (tertiary/aromatic N) is 3. The molecular formula is C22H22Cl2N6O. The summed E-state index contributed by atoms with van der Waals surface area (Å²) >= 11 is 12.1. The van der Waals surface area contributed by atoms with Gasteiger partial charge in [-0.15, -0.1) is 0 Å². The van der Waals surface area contributed by atoms with Crippen LogP contribution in [0, 0.1) is 11.3 Å². The van der Waals surface area contributed by atoms with E-state index in [0.29, 0.717) is 34.2 Å². The Hall–Kier alpha value is -3.47. The zero-order chi connectivity index (χ0) is 23.0. The van der Waals surface area contributed by atoms with E-state index >= 15 is 0 Å². The second kappa shape index (κ2) is 11.1. The zero-order valence-electron chi connectivity index (χ0n) is 17.2. The number of halogens is 2. The average Bonchev–Trinajstić information content (AvgIpc) is 3.11. The Labute approximate surface area is 190 Å². The highest BCUT2D eigenvalue weighted by molar-refractivity contribution is 6.31. The molecule has 0 fully saturated rings. The molecular weight excluding hydrogens is 435 g/mol. The van der Waals surface area contributed by atoms with Gasteiger partial charge in [0.25, 0.3) is 0 Å². The number of aromatic nitrogens is 3. The maximum Gasteiger partial charge on any atom is 0.183 e. The molecule has 4 N–H and O–H groups in total. The van der Waals surface area contributed by atoms with Gasteiger partial charge in [-0.1, -0.05) is 36.4 Å². The van der Waals surface area contributed by atoms with Gasteiger partial charge in [-0.2, -0.15) is 10.4 Å². The number of hydrogen-bond donors (Lipinski definition) is 3. The molecule has 0 amide bonds. The van der Waals surface area contributed by atoms with Crippen molar-refractivity contribution in [3.8, 4) is 6.07 Å². The Bertz CT molecular complexity index is 1160. The molecule has 0 radical (unpaired) electrons. The fraction of sp³-hybridized carbons (Fsp3) is 0.136. The number of aromatic amines is 1. The monoisotopic (exact) mass is 456 g/mol. The lowest BCUT2D eigenvalue weighted by Crippen LogP contribution is -2.13. The smallest absolute Gasteiger partial charge is 0.183 e. The summed E-state index contributed by atoms with van der Waals surface area (Å²) in [6.45, 7) is 11.1. The van der Waals surface area contributed by atoms with Crippen LogP contribution in [0.4, 0.5) is 5.82 Å². The molecule has 0 aromatic carbocycles. The van der Waals surface area contributed by atoms with Crippen LogP contribution in [0.15, 0.2) is 82.4 Å². The maximum atomic E-state index is 9.06. The number of hydrogen-bond acceptors (Lipinski definition) is 6. The van der Waals surface area contributed by atoms with E-state index in [1.807, 2.05) is 13.0 Å². The number of pyridine rings is 1. The fourth-order valence-electron chi connectivity index (χ4n) is 2.47.